The van der Waals surface area contributed by atoms with Crippen molar-refractivity contribution in [2.24, 2.45) is 0 Å². The number of rotatable bonds is 8. The molecule has 1 unspecified atom stereocenters. The Balaban J connectivity index is 2.09. The van der Waals surface area contributed by atoms with Crippen molar-refractivity contribution in [3.8, 4) is 0 Å². The van der Waals surface area contributed by atoms with Crippen molar-refractivity contribution in [2.45, 2.75) is 38.2 Å². The Hall–Kier alpha value is -1.92. The van der Waals surface area contributed by atoms with Crippen LogP contribution in [0.4, 0.5) is 5.69 Å². The van der Waals surface area contributed by atoms with Crippen molar-refractivity contribution in [3.05, 3.63) is 30.3 Å². The highest BCUT2D eigenvalue weighted by Gasteiger charge is 2.13. The second kappa shape index (κ2) is 9.06. The van der Waals surface area contributed by atoms with E-state index in [4.69, 9.17) is 5.21 Å². The van der Waals surface area contributed by atoms with Crippen LogP contribution < -0.4 is 10.8 Å². The molecule has 0 fully saturated rings. The van der Waals surface area contributed by atoms with E-state index in [1.165, 1.54) is 5.48 Å². The Morgan fingerprint density at radius 3 is 2.45 bits per heavy atom. The quantitative estimate of drug-likeness (QED) is 0.329. The number of hydrogen-bond acceptors (Lipinski definition) is 4. The Kier molecular flexibility index (Phi) is 7.31. The van der Waals surface area contributed by atoms with Gasteiger partial charge in [-0.3, -0.25) is 14.8 Å². The normalized spacial score (nSPS) is 11.7. The van der Waals surface area contributed by atoms with Crippen LogP contribution in [0.3, 0.4) is 0 Å². The first-order chi connectivity index (χ1) is 9.63. The number of hydroxylamine groups is 1. The molecule has 0 saturated heterocycles. The van der Waals surface area contributed by atoms with Crippen LogP contribution in [0.25, 0.3) is 0 Å². The largest absolute Gasteiger partial charge is 0.383 e. The van der Waals surface area contributed by atoms with E-state index < -0.39 is 12.0 Å². The molecular weight excluding hydrogens is 260 g/mol. The van der Waals surface area contributed by atoms with Crippen LogP contribution in [0.5, 0.6) is 0 Å². The van der Waals surface area contributed by atoms with Crippen molar-refractivity contribution in [2.75, 3.05) is 5.32 Å². The van der Waals surface area contributed by atoms with Gasteiger partial charge in [-0.25, -0.2) is 5.48 Å². The summed E-state index contributed by atoms with van der Waals surface area (Å²) in [7, 11) is 0. The van der Waals surface area contributed by atoms with Crippen molar-refractivity contribution in [3.63, 3.8) is 0 Å². The highest BCUT2D eigenvalue weighted by atomic mass is 16.5. The number of carbonyl (C=O) groups is 2. The van der Waals surface area contributed by atoms with Crippen molar-refractivity contribution >= 4 is 17.5 Å². The molecule has 0 spiro atoms. The van der Waals surface area contributed by atoms with Crippen LogP contribution in [-0.2, 0) is 9.59 Å². The maximum absolute atomic E-state index is 11.6. The number of amides is 2. The number of anilines is 1. The van der Waals surface area contributed by atoms with Gasteiger partial charge in [0, 0.05) is 12.1 Å². The lowest BCUT2D eigenvalue weighted by Crippen LogP contribution is -2.31. The van der Waals surface area contributed by atoms with Gasteiger partial charge >= 0.3 is 0 Å². The van der Waals surface area contributed by atoms with E-state index in [0.717, 1.165) is 12.1 Å². The third-order valence-electron chi connectivity index (χ3n) is 2.85. The number of benzene rings is 1. The zero-order valence-electron chi connectivity index (χ0n) is 11.2. The fraction of sp³-hybridized carbons (Fsp3) is 0.429. The minimum Gasteiger partial charge on any atom is -0.383 e. The predicted molar refractivity (Wildman–Crippen MR) is 74.1 cm³/mol. The van der Waals surface area contributed by atoms with Crippen LogP contribution in [-0.4, -0.2) is 28.2 Å². The highest BCUT2D eigenvalue weighted by molar-refractivity contribution is 5.90. The molecule has 0 aliphatic carbocycles. The number of aliphatic hydroxyl groups excluding tert-OH is 1. The minimum atomic E-state index is -1.20. The molecule has 20 heavy (non-hydrogen) atoms. The first-order valence-electron chi connectivity index (χ1n) is 6.60. The van der Waals surface area contributed by atoms with Crippen LogP contribution in [0, 0.1) is 0 Å². The van der Waals surface area contributed by atoms with Crippen LogP contribution >= 0.6 is 0 Å². The summed E-state index contributed by atoms with van der Waals surface area (Å²) in [6, 6.07) is 9.22. The molecule has 0 heterocycles. The molecule has 0 saturated carbocycles. The molecule has 2 amide bonds. The van der Waals surface area contributed by atoms with Gasteiger partial charge in [0.25, 0.3) is 5.91 Å². The molecule has 1 aromatic rings. The van der Waals surface area contributed by atoms with Gasteiger partial charge in [0.05, 0.1) is 0 Å². The van der Waals surface area contributed by atoms with Gasteiger partial charge in [0.15, 0.2) is 0 Å². The lowest BCUT2D eigenvalue weighted by Gasteiger charge is -2.08. The number of unbranched alkanes of at least 4 members (excludes halogenated alkanes) is 2. The summed E-state index contributed by atoms with van der Waals surface area (Å²) < 4.78 is 0. The highest BCUT2D eigenvalue weighted by Crippen LogP contribution is 2.09. The van der Waals surface area contributed by atoms with Crippen LogP contribution in [0.1, 0.15) is 32.1 Å². The van der Waals surface area contributed by atoms with E-state index in [2.05, 4.69) is 5.32 Å². The summed E-state index contributed by atoms with van der Waals surface area (Å²) in [6.45, 7) is 0. The smallest absolute Gasteiger partial charge is 0.272 e. The number of para-hydroxylation sites is 1. The second-order valence-corrected chi connectivity index (χ2v) is 4.51. The van der Waals surface area contributed by atoms with Gasteiger partial charge in [-0.1, -0.05) is 31.0 Å². The molecule has 0 bridgehead atoms. The summed E-state index contributed by atoms with van der Waals surface area (Å²) in [5, 5.41) is 20.4. The Morgan fingerprint density at radius 1 is 1.10 bits per heavy atom. The number of carbonyl (C=O) groups excluding carboxylic acids is 2. The SMILES string of the molecule is O=C(CCCCCC(O)C(=O)NO)Nc1ccccc1. The Labute approximate surface area is 117 Å². The maximum atomic E-state index is 11.6. The van der Waals surface area contributed by atoms with E-state index in [1.807, 2.05) is 30.3 Å². The third kappa shape index (κ3) is 6.31. The lowest BCUT2D eigenvalue weighted by atomic mass is 10.1. The molecule has 6 nitrogen and oxygen atoms in total. The van der Waals surface area contributed by atoms with E-state index in [0.29, 0.717) is 19.3 Å². The molecule has 1 aromatic carbocycles. The van der Waals surface area contributed by atoms with Crippen molar-refractivity contribution in [1.82, 2.24) is 5.48 Å². The van der Waals surface area contributed by atoms with Gasteiger partial charge in [-0.2, -0.15) is 0 Å². The molecule has 0 aliphatic heterocycles. The molecule has 110 valence electrons. The van der Waals surface area contributed by atoms with Gasteiger partial charge in [0.2, 0.25) is 5.91 Å². The summed E-state index contributed by atoms with van der Waals surface area (Å²) in [5.41, 5.74) is 2.17. The van der Waals surface area contributed by atoms with E-state index >= 15 is 0 Å². The van der Waals surface area contributed by atoms with Crippen molar-refractivity contribution < 1.29 is 19.9 Å². The molecule has 6 heteroatoms. The van der Waals surface area contributed by atoms with Gasteiger partial charge in [-0.15, -0.1) is 0 Å². The number of hydrogen-bond donors (Lipinski definition) is 4. The molecule has 1 atom stereocenters. The van der Waals surface area contributed by atoms with E-state index in [9.17, 15) is 14.7 Å². The molecule has 1 rings (SSSR count). The van der Waals surface area contributed by atoms with E-state index in [1.54, 1.807) is 0 Å². The van der Waals surface area contributed by atoms with Gasteiger partial charge < -0.3 is 10.4 Å². The van der Waals surface area contributed by atoms with Gasteiger partial charge in [-0.05, 0) is 25.0 Å². The zero-order chi connectivity index (χ0) is 14.8. The monoisotopic (exact) mass is 280 g/mol. The number of nitrogens with one attached hydrogen (secondary N) is 2. The second-order valence-electron chi connectivity index (χ2n) is 4.51. The minimum absolute atomic E-state index is 0.0511. The summed E-state index contributed by atoms with van der Waals surface area (Å²) in [5.74, 6) is -0.850. The molecule has 0 aromatic heterocycles. The predicted octanol–water partition coefficient (Wildman–Crippen LogP) is 1.44. The zero-order valence-corrected chi connectivity index (χ0v) is 11.2. The molecular formula is C14H20N2O4. The fourth-order valence-electron chi connectivity index (χ4n) is 1.75. The van der Waals surface area contributed by atoms with Gasteiger partial charge in [0.1, 0.15) is 6.10 Å². The average Bonchev–Trinajstić information content (AvgIpc) is 2.46. The summed E-state index contributed by atoms with van der Waals surface area (Å²) in [4.78, 5) is 22.4. The first-order valence-corrected chi connectivity index (χ1v) is 6.60. The number of aliphatic hydroxyl groups is 1. The van der Waals surface area contributed by atoms with Crippen molar-refractivity contribution in [1.29, 1.82) is 0 Å². The molecule has 0 aliphatic rings. The Morgan fingerprint density at radius 2 is 1.80 bits per heavy atom. The third-order valence-corrected chi connectivity index (χ3v) is 2.85. The maximum Gasteiger partial charge on any atom is 0.272 e. The lowest BCUT2D eigenvalue weighted by molar-refractivity contribution is -0.138. The van der Waals surface area contributed by atoms with Crippen LogP contribution in [0.2, 0.25) is 0 Å². The summed E-state index contributed by atoms with van der Waals surface area (Å²) >= 11 is 0. The standard InChI is InChI=1S/C14H20N2O4/c17-12(14(19)16-20)9-5-2-6-10-13(18)15-11-7-3-1-4-8-11/h1,3-4,7-8,12,17,20H,2,5-6,9-10H2,(H,15,18)(H,16,19). The fourth-order valence-corrected chi connectivity index (χ4v) is 1.75. The molecule has 0 radical (unpaired) electrons. The summed E-state index contributed by atoms with van der Waals surface area (Å²) in [6.07, 6.45) is 1.51. The average molecular weight is 280 g/mol. The first kappa shape index (κ1) is 16.1. The van der Waals surface area contributed by atoms with E-state index in [-0.39, 0.29) is 12.3 Å². The topological polar surface area (TPSA) is 98.7 Å². The molecule has 4 N–H and O–H groups in total. The van der Waals surface area contributed by atoms with Crippen LogP contribution in [0.15, 0.2) is 30.3 Å². The Bertz CT molecular complexity index is 422.